The summed E-state index contributed by atoms with van der Waals surface area (Å²) in [4.78, 5) is 35.0. The number of thioether (sulfide) groups is 1. The van der Waals surface area contributed by atoms with E-state index in [0.29, 0.717) is 17.9 Å². The monoisotopic (exact) mass is 392 g/mol. The van der Waals surface area contributed by atoms with Crippen molar-refractivity contribution in [1.82, 2.24) is 9.97 Å². The van der Waals surface area contributed by atoms with Gasteiger partial charge >= 0.3 is 0 Å². The van der Waals surface area contributed by atoms with Crippen molar-refractivity contribution < 1.29 is 9.59 Å². The third kappa shape index (κ3) is 3.99. The zero-order chi connectivity index (χ0) is 19.5. The summed E-state index contributed by atoms with van der Waals surface area (Å²) in [6.07, 6.45) is 1.46. The molecule has 0 saturated carbocycles. The van der Waals surface area contributed by atoms with Crippen molar-refractivity contribution >= 4 is 45.9 Å². The highest BCUT2D eigenvalue weighted by Crippen LogP contribution is 2.26. The predicted molar refractivity (Wildman–Crippen MR) is 112 cm³/mol. The lowest BCUT2D eigenvalue weighted by Gasteiger charge is -2.16. The van der Waals surface area contributed by atoms with Crippen LogP contribution in [0.2, 0.25) is 0 Å². The minimum atomic E-state index is -0.116. The van der Waals surface area contributed by atoms with Crippen LogP contribution in [0.1, 0.15) is 18.7 Å². The summed E-state index contributed by atoms with van der Waals surface area (Å²) in [6, 6.07) is 15.2. The van der Waals surface area contributed by atoms with Gasteiger partial charge in [-0.25, -0.2) is 9.97 Å². The van der Waals surface area contributed by atoms with E-state index in [-0.39, 0.29) is 17.6 Å². The summed E-state index contributed by atoms with van der Waals surface area (Å²) in [7, 11) is 0. The van der Waals surface area contributed by atoms with Crippen LogP contribution in [0.4, 0.5) is 11.4 Å². The third-order valence-corrected chi connectivity index (χ3v) is 5.53. The van der Waals surface area contributed by atoms with Gasteiger partial charge in [0, 0.05) is 29.7 Å². The highest BCUT2D eigenvalue weighted by atomic mass is 32.2. The fourth-order valence-electron chi connectivity index (χ4n) is 3.27. The zero-order valence-electron chi connectivity index (χ0n) is 15.5. The molecular weight excluding hydrogens is 372 g/mol. The normalized spacial score (nSPS) is 13.9. The second kappa shape index (κ2) is 7.98. The van der Waals surface area contributed by atoms with Gasteiger partial charge < -0.3 is 10.2 Å². The van der Waals surface area contributed by atoms with Crippen LogP contribution in [0.3, 0.4) is 0 Å². The molecule has 4 rings (SSSR count). The smallest absolute Gasteiger partial charge is 0.234 e. The van der Waals surface area contributed by atoms with Crippen LogP contribution < -0.4 is 10.2 Å². The molecule has 2 amide bonds. The second-order valence-electron chi connectivity index (χ2n) is 6.63. The van der Waals surface area contributed by atoms with Gasteiger partial charge in [-0.1, -0.05) is 36.0 Å². The fraction of sp³-hybridized carbons (Fsp3) is 0.238. The number of benzene rings is 2. The van der Waals surface area contributed by atoms with Crippen molar-refractivity contribution in [2.45, 2.75) is 24.8 Å². The number of aryl methyl sites for hydroxylation is 1. The molecule has 2 aromatic carbocycles. The average molecular weight is 392 g/mol. The maximum Gasteiger partial charge on any atom is 0.234 e. The fourth-order valence-corrected chi connectivity index (χ4v) is 4.14. The van der Waals surface area contributed by atoms with Crippen LogP contribution in [0.5, 0.6) is 0 Å². The average Bonchev–Trinajstić information content (AvgIpc) is 3.12. The summed E-state index contributed by atoms with van der Waals surface area (Å²) in [5, 5.41) is 4.66. The molecule has 2 heterocycles. The summed E-state index contributed by atoms with van der Waals surface area (Å²) in [5.74, 6) is 0.942. The molecule has 1 fully saturated rings. The predicted octanol–water partition coefficient (Wildman–Crippen LogP) is 3.80. The molecule has 28 heavy (non-hydrogen) atoms. The van der Waals surface area contributed by atoms with Gasteiger partial charge in [-0.15, -0.1) is 0 Å². The summed E-state index contributed by atoms with van der Waals surface area (Å²) in [5.41, 5.74) is 2.39. The Bertz CT molecular complexity index is 1050. The molecule has 0 atom stereocenters. The standard InChI is InChI=1S/C21H20N4O2S/c1-14-22-18-9-3-2-8-17(18)21(23-14)28-13-19(26)24-15-6-4-7-16(12-15)25-11-5-10-20(25)27/h2-4,6-9,12H,5,10-11,13H2,1H3,(H,24,26). The van der Waals surface area contributed by atoms with E-state index in [1.54, 1.807) is 4.90 Å². The van der Waals surface area contributed by atoms with Gasteiger partial charge in [0.2, 0.25) is 11.8 Å². The number of nitrogens with zero attached hydrogens (tertiary/aromatic N) is 3. The largest absolute Gasteiger partial charge is 0.325 e. The van der Waals surface area contributed by atoms with Gasteiger partial charge in [0.25, 0.3) is 0 Å². The summed E-state index contributed by atoms with van der Waals surface area (Å²) in [6.45, 7) is 2.58. The Balaban J connectivity index is 1.44. The number of hydrogen-bond acceptors (Lipinski definition) is 5. The molecule has 0 radical (unpaired) electrons. The Kier molecular flexibility index (Phi) is 5.25. The Morgan fingerprint density at radius 1 is 1.18 bits per heavy atom. The van der Waals surface area contributed by atoms with Crippen molar-refractivity contribution in [1.29, 1.82) is 0 Å². The first-order chi connectivity index (χ1) is 13.6. The number of nitrogens with one attached hydrogen (secondary N) is 1. The number of carbonyl (C=O) groups excluding carboxylic acids is 2. The molecule has 7 heteroatoms. The first kappa shape index (κ1) is 18.4. The Morgan fingerprint density at radius 3 is 2.86 bits per heavy atom. The van der Waals surface area contributed by atoms with Crippen LogP contribution >= 0.6 is 11.8 Å². The Hall–Kier alpha value is -2.93. The van der Waals surface area contributed by atoms with E-state index in [9.17, 15) is 9.59 Å². The van der Waals surface area contributed by atoms with E-state index in [1.165, 1.54) is 11.8 Å². The van der Waals surface area contributed by atoms with Crippen LogP contribution in [0, 0.1) is 6.92 Å². The van der Waals surface area contributed by atoms with Gasteiger partial charge in [0.1, 0.15) is 10.9 Å². The molecular formula is C21H20N4O2S. The van der Waals surface area contributed by atoms with E-state index in [2.05, 4.69) is 15.3 Å². The first-order valence-electron chi connectivity index (χ1n) is 9.16. The van der Waals surface area contributed by atoms with Gasteiger partial charge in [-0.3, -0.25) is 9.59 Å². The SMILES string of the molecule is Cc1nc(SCC(=O)Nc2cccc(N3CCCC3=O)c2)c2ccccc2n1. The second-order valence-corrected chi connectivity index (χ2v) is 7.59. The highest BCUT2D eigenvalue weighted by Gasteiger charge is 2.21. The van der Waals surface area contributed by atoms with Gasteiger partial charge in [-0.05, 0) is 37.6 Å². The molecule has 142 valence electrons. The lowest BCUT2D eigenvalue weighted by Crippen LogP contribution is -2.23. The van der Waals surface area contributed by atoms with Crippen molar-refractivity contribution in [3.8, 4) is 0 Å². The molecule has 1 saturated heterocycles. The highest BCUT2D eigenvalue weighted by molar-refractivity contribution is 8.00. The van der Waals surface area contributed by atoms with E-state index >= 15 is 0 Å². The van der Waals surface area contributed by atoms with Crippen LogP contribution in [-0.4, -0.2) is 34.1 Å². The first-order valence-corrected chi connectivity index (χ1v) is 10.2. The van der Waals surface area contributed by atoms with E-state index in [0.717, 1.165) is 34.6 Å². The topological polar surface area (TPSA) is 75.2 Å². The maximum atomic E-state index is 12.4. The van der Waals surface area contributed by atoms with Crippen LogP contribution in [0.25, 0.3) is 10.9 Å². The quantitative estimate of drug-likeness (QED) is 0.528. The molecule has 6 nitrogen and oxygen atoms in total. The Labute approximate surface area is 167 Å². The maximum absolute atomic E-state index is 12.4. The Morgan fingerprint density at radius 2 is 2.04 bits per heavy atom. The van der Waals surface area contributed by atoms with E-state index in [1.807, 2.05) is 55.5 Å². The molecule has 1 aromatic heterocycles. The number of hydrogen-bond donors (Lipinski definition) is 1. The number of anilines is 2. The van der Waals surface area contributed by atoms with Crippen molar-refractivity contribution in [3.05, 3.63) is 54.4 Å². The van der Waals surface area contributed by atoms with Crippen molar-refractivity contribution in [3.63, 3.8) is 0 Å². The molecule has 0 spiro atoms. The van der Waals surface area contributed by atoms with Gasteiger partial charge in [0.15, 0.2) is 0 Å². The van der Waals surface area contributed by atoms with Crippen molar-refractivity contribution in [2.24, 2.45) is 0 Å². The van der Waals surface area contributed by atoms with Crippen LogP contribution in [-0.2, 0) is 9.59 Å². The molecule has 0 unspecified atom stereocenters. The molecule has 3 aromatic rings. The zero-order valence-corrected chi connectivity index (χ0v) is 16.3. The number of fused-ring (bicyclic) bond motifs is 1. The minimum Gasteiger partial charge on any atom is -0.325 e. The van der Waals surface area contributed by atoms with E-state index in [4.69, 9.17) is 0 Å². The number of amides is 2. The molecule has 1 N–H and O–H groups in total. The lowest BCUT2D eigenvalue weighted by atomic mass is 10.2. The van der Waals surface area contributed by atoms with E-state index < -0.39 is 0 Å². The molecule has 1 aliphatic rings. The van der Waals surface area contributed by atoms with Gasteiger partial charge in [0.05, 0.1) is 11.3 Å². The molecule has 0 bridgehead atoms. The van der Waals surface area contributed by atoms with Gasteiger partial charge in [-0.2, -0.15) is 0 Å². The number of para-hydroxylation sites is 1. The third-order valence-electron chi connectivity index (χ3n) is 4.54. The van der Waals surface area contributed by atoms with Crippen molar-refractivity contribution in [2.75, 3.05) is 22.5 Å². The summed E-state index contributed by atoms with van der Waals surface area (Å²) < 4.78 is 0. The summed E-state index contributed by atoms with van der Waals surface area (Å²) >= 11 is 1.39. The molecule has 0 aliphatic carbocycles. The minimum absolute atomic E-state index is 0.116. The molecule has 1 aliphatic heterocycles. The number of aromatic nitrogens is 2. The van der Waals surface area contributed by atoms with Crippen LogP contribution in [0.15, 0.2) is 53.6 Å². The lowest BCUT2D eigenvalue weighted by molar-refractivity contribution is -0.117. The number of rotatable bonds is 5. The number of carbonyl (C=O) groups is 2.